The molecule has 2 rings (SSSR count). The number of hydrogen-bond donors (Lipinski definition) is 2. The molecule has 0 aromatic carbocycles. The molecule has 4 heteroatoms. The van der Waals surface area contributed by atoms with Crippen molar-refractivity contribution in [2.45, 2.75) is 51.5 Å². The van der Waals surface area contributed by atoms with Crippen molar-refractivity contribution in [2.75, 3.05) is 6.54 Å². The summed E-state index contributed by atoms with van der Waals surface area (Å²) < 4.78 is 0. The Bertz CT molecular complexity index is 270. The number of hydrogen-bond acceptors (Lipinski definition) is 2. The fourth-order valence-electron chi connectivity index (χ4n) is 2.34. The van der Waals surface area contributed by atoms with Gasteiger partial charge in [-0.25, -0.2) is 0 Å². The van der Waals surface area contributed by atoms with E-state index in [1.54, 1.807) is 0 Å². The molecular formula is C12H23ClN2O. The minimum atomic E-state index is -0.535. The minimum absolute atomic E-state index is 0. The van der Waals surface area contributed by atoms with Gasteiger partial charge in [-0.05, 0) is 43.4 Å². The first-order chi connectivity index (χ1) is 6.99. The molecule has 2 aliphatic carbocycles. The Morgan fingerprint density at radius 3 is 2.19 bits per heavy atom. The van der Waals surface area contributed by atoms with Crippen LogP contribution in [0.2, 0.25) is 0 Å². The average molecular weight is 247 g/mol. The summed E-state index contributed by atoms with van der Waals surface area (Å²) in [5.74, 6) is 0.730. The van der Waals surface area contributed by atoms with Crippen molar-refractivity contribution in [3.8, 4) is 0 Å². The molecule has 0 aromatic heterocycles. The highest BCUT2D eigenvalue weighted by atomic mass is 35.5. The van der Waals surface area contributed by atoms with E-state index in [1.165, 1.54) is 12.8 Å². The van der Waals surface area contributed by atoms with Crippen LogP contribution in [-0.4, -0.2) is 18.0 Å². The van der Waals surface area contributed by atoms with Crippen molar-refractivity contribution >= 4 is 18.3 Å². The van der Waals surface area contributed by atoms with E-state index in [1.807, 2.05) is 0 Å². The Hall–Kier alpha value is -0.280. The lowest BCUT2D eigenvalue weighted by Gasteiger charge is -2.37. The van der Waals surface area contributed by atoms with Crippen LogP contribution < -0.4 is 11.1 Å². The Morgan fingerprint density at radius 2 is 1.88 bits per heavy atom. The molecule has 0 spiro atoms. The number of nitrogens with one attached hydrogen (secondary N) is 1. The van der Waals surface area contributed by atoms with Gasteiger partial charge in [0.1, 0.15) is 0 Å². The molecule has 0 aromatic rings. The maximum absolute atomic E-state index is 11.8. The highest BCUT2D eigenvalue weighted by Crippen LogP contribution is 2.51. The van der Waals surface area contributed by atoms with Crippen LogP contribution in [0.25, 0.3) is 0 Å². The standard InChI is InChI=1S/C12H22N2O.ClH/c1-9(2)11(6-7-11)8-14-10(15)12(13)4-3-5-12;/h9H,3-8,13H2,1-2H3,(H,14,15);1H. The molecule has 0 atom stereocenters. The molecule has 2 aliphatic rings. The zero-order valence-electron chi connectivity index (χ0n) is 10.2. The predicted octanol–water partition coefficient (Wildman–Crippen LogP) is 1.84. The number of carbonyl (C=O) groups is 1. The van der Waals surface area contributed by atoms with Crippen molar-refractivity contribution in [1.82, 2.24) is 5.32 Å². The number of amides is 1. The predicted molar refractivity (Wildman–Crippen MR) is 67.5 cm³/mol. The highest BCUT2D eigenvalue weighted by Gasteiger charge is 2.47. The van der Waals surface area contributed by atoms with Gasteiger partial charge >= 0.3 is 0 Å². The number of halogens is 1. The lowest BCUT2D eigenvalue weighted by atomic mass is 9.77. The first kappa shape index (κ1) is 13.8. The Labute approximate surface area is 104 Å². The van der Waals surface area contributed by atoms with E-state index >= 15 is 0 Å². The maximum atomic E-state index is 11.8. The van der Waals surface area contributed by atoms with Crippen LogP contribution in [0.15, 0.2) is 0 Å². The van der Waals surface area contributed by atoms with Gasteiger partial charge in [0.25, 0.3) is 0 Å². The van der Waals surface area contributed by atoms with E-state index < -0.39 is 5.54 Å². The normalized spacial score (nSPS) is 24.2. The van der Waals surface area contributed by atoms with Gasteiger partial charge < -0.3 is 11.1 Å². The third-order valence-corrected chi connectivity index (χ3v) is 4.42. The molecule has 1 amide bonds. The van der Waals surface area contributed by atoms with Gasteiger partial charge in [-0.2, -0.15) is 0 Å². The molecule has 3 N–H and O–H groups in total. The van der Waals surface area contributed by atoms with Crippen LogP contribution >= 0.6 is 12.4 Å². The molecule has 2 saturated carbocycles. The van der Waals surface area contributed by atoms with Crippen molar-refractivity contribution in [3.05, 3.63) is 0 Å². The van der Waals surface area contributed by atoms with Gasteiger partial charge in [0.05, 0.1) is 5.54 Å². The van der Waals surface area contributed by atoms with Gasteiger partial charge in [0, 0.05) is 6.54 Å². The lowest BCUT2D eigenvalue weighted by molar-refractivity contribution is -0.129. The first-order valence-corrected chi connectivity index (χ1v) is 6.06. The average Bonchev–Trinajstić information content (AvgIpc) is 2.91. The van der Waals surface area contributed by atoms with Crippen LogP contribution in [0.3, 0.4) is 0 Å². The highest BCUT2D eigenvalue weighted by molar-refractivity contribution is 5.87. The van der Waals surface area contributed by atoms with Crippen molar-refractivity contribution in [2.24, 2.45) is 17.1 Å². The zero-order chi connectivity index (χ0) is 11.1. The summed E-state index contributed by atoms with van der Waals surface area (Å²) in [4.78, 5) is 11.8. The van der Waals surface area contributed by atoms with Crippen LogP contribution in [-0.2, 0) is 4.79 Å². The van der Waals surface area contributed by atoms with Crippen molar-refractivity contribution in [1.29, 1.82) is 0 Å². The SMILES string of the molecule is CC(C)C1(CNC(=O)C2(N)CCC2)CC1.Cl. The Balaban J connectivity index is 0.00000128. The maximum Gasteiger partial charge on any atom is 0.240 e. The fourth-order valence-corrected chi connectivity index (χ4v) is 2.34. The fraction of sp³-hybridized carbons (Fsp3) is 0.917. The second-order valence-corrected chi connectivity index (χ2v) is 5.71. The van der Waals surface area contributed by atoms with Crippen molar-refractivity contribution in [3.63, 3.8) is 0 Å². The molecule has 94 valence electrons. The summed E-state index contributed by atoms with van der Waals surface area (Å²) in [5, 5.41) is 3.05. The van der Waals surface area contributed by atoms with Crippen molar-refractivity contribution < 1.29 is 4.79 Å². The van der Waals surface area contributed by atoms with Gasteiger partial charge in [-0.1, -0.05) is 13.8 Å². The quantitative estimate of drug-likeness (QED) is 0.796. The number of carbonyl (C=O) groups excluding carboxylic acids is 1. The van der Waals surface area contributed by atoms with Gasteiger partial charge in [0.15, 0.2) is 0 Å². The van der Waals surface area contributed by atoms with E-state index in [9.17, 15) is 4.79 Å². The van der Waals surface area contributed by atoms with Gasteiger partial charge in [-0.15, -0.1) is 12.4 Å². The molecule has 0 radical (unpaired) electrons. The Kier molecular flexibility index (Phi) is 3.91. The summed E-state index contributed by atoms with van der Waals surface area (Å²) in [5.41, 5.74) is 5.81. The molecule has 16 heavy (non-hydrogen) atoms. The van der Waals surface area contributed by atoms with Crippen LogP contribution in [0.4, 0.5) is 0 Å². The third kappa shape index (κ3) is 2.35. The van der Waals surface area contributed by atoms with E-state index in [-0.39, 0.29) is 18.3 Å². The van der Waals surface area contributed by atoms with Gasteiger partial charge in [-0.3, -0.25) is 4.79 Å². The smallest absolute Gasteiger partial charge is 0.240 e. The monoisotopic (exact) mass is 246 g/mol. The Morgan fingerprint density at radius 1 is 1.31 bits per heavy atom. The lowest BCUT2D eigenvalue weighted by Crippen LogP contribution is -2.59. The van der Waals surface area contributed by atoms with Crippen LogP contribution in [0.5, 0.6) is 0 Å². The molecule has 0 bridgehead atoms. The molecular weight excluding hydrogens is 224 g/mol. The molecule has 0 unspecified atom stereocenters. The summed E-state index contributed by atoms with van der Waals surface area (Å²) in [7, 11) is 0. The molecule has 0 heterocycles. The summed E-state index contributed by atoms with van der Waals surface area (Å²) in [6, 6.07) is 0. The zero-order valence-corrected chi connectivity index (χ0v) is 11.0. The largest absolute Gasteiger partial charge is 0.354 e. The van der Waals surface area contributed by atoms with Crippen LogP contribution in [0.1, 0.15) is 46.0 Å². The van der Waals surface area contributed by atoms with E-state index in [2.05, 4.69) is 19.2 Å². The molecule has 0 aliphatic heterocycles. The molecule has 2 fully saturated rings. The summed E-state index contributed by atoms with van der Waals surface area (Å²) in [6.07, 6.45) is 5.31. The van der Waals surface area contributed by atoms with E-state index in [4.69, 9.17) is 5.73 Å². The second-order valence-electron chi connectivity index (χ2n) is 5.71. The molecule has 0 saturated heterocycles. The summed E-state index contributed by atoms with van der Waals surface area (Å²) in [6.45, 7) is 5.30. The molecule has 3 nitrogen and oxygen atoms in total. The summed E-state index contributed by atoms with van der Waals surface area (Å²) >= 11 is 0. The number of rotatable bonds is 4. The topological polar surface area (TPSA) is 55.1 Å². The minimum Gasteiger partial charge on any atom is -0.354 e. The first-order valence-electron chi connectivity index (χ1n) is 6.06. The van der Waals surface area contributed by atoms with Crippen LogP contribution in [0, 0.1) is 11.3 Å². The number of nitrogens with two attached hydrogens (primary N) is 1. The third-order valence-electron chi connectivity index (χ3n) is 4.42. The van der Waals surface area contributed by atoms with Gasteiger partial charge in [0.2, 0.25) is 5.91 Å². The second kappa shape index (κ2) is 4.53. The van der Waals surface area contributed by atoms with E-state index in [0.717, 1.165) is 25.8 Å². The van der Waals surface area contributed by atoms with E-state index in [0.29, 0.717) is 11.3 Å².